The second-order valence-corrected chi connectivity index (χ2v) is 7.79. The summed E-state index contributed by atoms with van der Waals surface area (Å²) in [6.45, 7) is 2.17. The molecule has 1 atom stereocenters. The number of pyridine rings is 1. The summed E-state index contributed by atoms with van der Waals surface area (Å²) >= 11 is 3.51. The van der Waals surface area contributed by atoms with E-state index in [0.717, 1.165) is 50.6 Å². The van der Waals surface area contributed by atoms with Crippen molar-refractivity contribution in [3.8, 4) is 0 Å². The predicted molar refractivity (Wildman–Crippen MR) is 108 cm³/mol. The molecule has 26 heavy (non-hydrogen) atoms. The Labute approximate surface area is 160 Å². The van der Waals surface area contributed by atoms with Crippen LogP contribution in [0.2, 0.25) is 0 Å². The van der Waals surface area contributed by atoms with Gasteiger partial charge < -0.3 is 5.11 Å². The lowest BCUT2D eigenvalue weighted by Crippen LogP contribution is -2.17. The maximum Gasteiger partial charge on any atom is 0.336 e. The fourth-order valence-corrected chi connectivity index (χ4v) is 4.19. The second kappa shape index (κ2) is 6.69. The molecule has 1 heterocycles. The van der Waals surface area contributed by atoms with Crippen molar-refractivity contribution in [3.63, 3.8) is 0 Å². The molecule has 1 aromatic heterocycles. The fourth-order valence-electron chi connectivity index (χ4n) is 3.78. The number of halogens is 1. The van der Waals surface area contributed by atoms with Crippen LogP contribution < -0.4 is 0 Å². The number of allylic oxidation sites excluding steroid dienone is 1. The molecule has 0 bridgehead atoms. The van der Waals surface area contributed by atoms with Gasteiger partial charge in [0.25, 0.3) is 0 Å². The van der Waals surface area contributed by atoms with Crippen LogP contribution in [0.3, 0.4) is 0 Å². The smallest absolute Gasteiger partial charge is 0.336 e. The first-order valence-electron chi connectivity index (χ1n) is 8.64. The lowest BCUT2D eigenvalue weighted by atomic mass is 9.80. The number of nitrogens with zero attached hydrogens (tertiary/aromatic N) is 1. The summed E-state index contributed by atoms with van der Waals surface area (Å²) in [6, 6.07) is 15.6. The van der Waals surface area contributed by atoms with E-state index in [1.807, 2.05) is 36.4 Å². The van der Waals surface area contributed by atoms with Gasteiger partial charge in [-0.3, -0.25) is 0 Å². The molecule has 1 N–H and O–H groups in total. The highest BCUT2D eigenvalue weighted by Crippen LogP contribution is 2.38. The van der Waals surface area contributed by atoms with E-state index in [1.165, 1.54) is 0 Å². The van der Waals surface area contributed by atoms with Crippen LogP contribution in [0.5, 0.6) is 0 Å². The van der Waals surface area contributed by atoms with Crippen LogP contribution in [0.1, 0.15) is 40.5 Å². The molecule has 0 amide bonds. The first kappa shape index (κ1) is 17.0. The van der Waals surface area contributed by atoms with Gasteiger partial charge in [-0.2, -0.15) is 0 Å². The van der Waals surface area contributed by atoms with Crippen molar-refractivity contribution in [2.75, 3.05) is 0 Å². The van der Waals surface area contributed by atoms with E-state index >= 15 is 0 Å². The standard InChI is InChI=1S/C22H18BrNO2/c1-13-9-15(11-14-5-4-6-16(23)12-14)21-18(10-13)20(22(25)26)17-7-2-3-8-19(17)24-21/h2-8,11-13H,9-10H2,1H3,(H,25,26). The molecule has 130 valence electrons. The number of carboxylic acid groups (broad SMARTS) is 1. The summed E-state index contributed by atoms with van der Waals surface area (Å²) < 4.78 is 1.02. The Morgan fingerprint density at radius 3 is 2.77 bits per heavy atom. The molecule has 0 saturated carbocycles. The van der Waals surface area contributed by atoms with Gasteiger partial charge in [0.2, 0.25) is 0 Å². The zero-order valence-electron chi connectivity index (χ0n) is 14.4. The number of hydrogen-bond acceptors (Lipinski definition) is 2. The molecule has 4 rings (SSSR count). The number of carbonyl (C=O) groups is 1. The van der Waals surface area contributed by atoms with Gasteiger partial charge in [-0.05, 0) is 59.7 Å². The average molecular weight is 408 g/mol. The first-order valence-corrected chi connectivity index (χ1v) is 9.43. The van der Waals surface area contributed by atoms with Crippen LogP contribution >= 0.6 is 15.9 Å². The molecular formula is C22H18BrNO2. The minimum atomic E-state index is -0.879. The number of carboxylic acids is 1. The second-order valence-electron chi connectivity index (χ2n) is 6.87. The van der Waals surface area contributed by atoms with Crippen molar-refractivity contribution < 1.29 is 9.90 Å². The van der Waals surface area contributed by atoms with Gasteiger partial charge in [0.1, 0.15) is 0 Å². The fraction of sp³-hybridized carbons (Fsp3) is 0.182. The number of para-hydroxylation sites is 1. The van der Waals surface area contributed by atoms with E-state index in [9.17, 15) is 9.90 Å². The third-order valence-corrected chi connectivity index (χ3v) is 5.32. The molecule has 0 aliphatic heterocycles. The largest absolute Gasteiger partial charge is 0.478 e. The molecule has 4 heteroatoms. The van der Waals surface area contributed by atoms with E-state index in [2.05, 4.69) is 41.1 Å². The van der Waals surface area contributed by atoms with Crippen LogP contribution in [-0.2, 0) is 6.42 Å². The summed E-state index contributed by atoms with van der Waals surface area (Å²) in [6.07, 6.45) is 3.77. The van der Waals surface area contributed by atoms with Crippen LogP contribution in [0.4, 0.5) is 0 Å². The lowest BCUT2D eigenvalue weighted by Gasteiger charge is -2.26. The summed E-state index contributed by atoms with van der Waals surface area (Å²) in [5.41, 5.74) is 5.01. The number of rotatable bonds is 2. The van der Waals surface area contributed by atoms with Crippen LogP contribution in [0, 0.1) is 5.92 Å². The normalized spacial score (nSPS) is 18.1. The molecule has 1 unspecified atom stereocenters. The van der Waals surface area contributed by atoms with Crippen molar-refractivity contribution in [3.05, 3.63) is 75.4 Å². The minimum absolute atomic E-state index is 0.377. The van der Waals surface area contributed by atoms with E-state index in [1.54, 1.807) is 0 Å². The molecule has 0 saturated heterocycles. The number of benzene rings is 2. The predicted octanol–water partition coefficient (Wildman–Crippen LogP) is 5.82. The maximum atomic E-state index is 12.0. The quantitative estimate of drug-likeness (QED) is 0.582. The topological polar surface area (TPSA) is 50.2 Å². The Morgan fingerprint density at radius 1 is 1.19 bits per heavy atom. The van der Waals surface area contributed by atoms with Crippen molar-refractivity contribution in [1.29, 1.82) is 0 Å². The molecule has 2 aromatic carbocycles. The third-order valence-electron chi connectivity index (χ3n) is 4.82. The molecule has 1 aliphatic rings. The van der Waals surface area contributed by atoms with Gasteiger partial charge >= 0.3 is 5.97 Å². The Morgan fingerprint density at radius 2 is 2.00 bits per heavy atom. The molecule has 0 fully saturated rings. The Bertz CT molecular complexity index is 1060. The van der Waals surface area contributed by atoms with Crippen LogP contribution in [0.25, 0.3) is 22.6 Å². The summed E-state index contributed by atoms with van der Waals surface area (Å²) in [5, 5.41) is 10.6. The number of hydrogen-bond donors (Lipinski definition) is 1. The molecular weight excluding hydrogens is 390 g/mol. The Kier molecular flexibility index (Phi) is 4.37. The van der Waals surface area contributed by atoms with Gasteiger partial charge in [0.15, 0.2) is 0 Å². The maximum absolute atomic E-state index is 12.0. The van der Waals surface area contributed by atoms with E-state index < -0.39 is 5.97 Å². The Hall–Kier alpha value is -2.46. The van der Waals surface area contributed by atoms with Crippen molar-refractivity contribution in [2.24, 2.45) is 5.92 Å². The highest BCUT2D eigenvalue weighted by atomic mass is 79.9. The highest BCUT2D eigenvalue weighted by molar-refractivity contribution is 9.10. The van der Waals surface area contributed by atoms with Gasteiger partial charge in [-0.25, -0.2) is 9.78 Å². The Balaban J connectivity index is 1.99. The third kappa shape index (κ3) is 3.06. The summed E-state index contributed by atoms with van der Waals surface area (Å²) in [4.78, 5) is 16.9. The number of fused-ring (bicyclic) bond motifs is 2. The van der Waals surface area contributed by atoms with Crippen LogP contribution in [-0.4, -0.2) is 16.1 Å². The molecule has 0 radical (unpaired) electrons. The van der Waals surface area contributed by atoms with Gasteiger partial charge in [0, 0.05) is 9.86 Å². The summed E-state index contributed by atoms with van der Waals surface area (Å²) in [7, 11) is 0. The first-order chi connectivity index (χ1) is 12.5. The van der Waals surface area contributed by atoms with Gasteiger partial charge in [-0.1, -0.05) is 53.2 Å². The van der Waals surface area contributed by atoms with Crippen LogP contribution in [0.15, 0.2) is 53.0 Å². The van der Waals surface area contributed by atoms with E-state index in [-0.39, 0.29) is 0 Å². The van der Waals surface area contributed by atoms with Crippen molar-refractivity contribution >= 4 is 44.5 Å². The number of aromatic nitrogens is 1. The summed E-state index contributed by atoms with van der Waals surface area (Å²) in [5.74, 6) is -0.502. The van der Waals surface area contributed by atoms with E-state index in [4.69, 9.17) is 4.98 Å². The minimum Gasteiger partial charge on any atom is -0.478 e. The SMILES string of the molecule is CC1CC(=Cc2cccc(Br)c2)c2nc3ccccc3c(C(=O)O)c2C1. The van der Waals surface area contributed by atoms with Crippen molar-refractivity contribution in [1.82, 2.24) is 4.98 Å². The molecule has 0 spiro atoms. The molecule has 3 aromatic rings. The zero-order valence-corrected chi connectivity index (χ0v) is 16.0. The van der Waals surface area contributed by atoms with Gasteiger partial charge in [-0.15, -0.1) is 0 Å². The monoisotopic (exact) mass is 407 g/mol. The highest BCUT2D eigenvalue weighted by Gasteiger charge is 2.27. The average Bonchev–Trinajstić information content (AvgIpc) is 2.59. The molecule has 3 nitrogen and oxygen atoms in total. The molecule has 1 aliphatic carbocycles. The van der Waals surface area contributed by atoms with Gasteiger partial charge in [0.05, 0.1) is 16.8 Å². The van der Waals surface area contributed by atoms with E-state index in [0.29, 0.717) is 11.5 Å². The zero-order chi connectivity index (χ0) is 18.3. The lowest BCUT2D eigenvalue weighted by molar-refractivity contribution is 0.0697. The number of aromatic carboxylic acids is 1. The van der Waals surface area contributed by atoms with Crippen molar-refractivity contribution in [2.45, 2.75) is 19.8 Å².